The van der Waals surface area contributed by atoms with Crippen LogP contribution in [0.25, 0.3) is 11.0 Å². The summed E-state index contributed by atoms with van der Waals surface area (Å²) >= 11 is -2.31. The van der Waals surface area contributed by atoms with Gasteiger partial charge in [0.05, 0.1) is 23.8 Å². The first-order chi connectivity index (χ1) is 13.1. The molecule has 8 nitrogen and oxygen atoms in total. The van der Waals surface area contributed by atoms with E-state index in [2.05, 4.69) is 19.8 Å². The van der Waals surface area contributed by atoms with E-state index >= 15 is 0 Å². The molecule has 2 heterocycles. The second-order valence-corrected chi connectivity index (χ2v) is 6.89. The smallest absolute Gasteiger partial charge is 0.310 e. The average molecular weight is 415 g/mol. The van der Waals surface area contributed by atoms with Crippen LogP contribution in [-0.4, -0.2) is 28.5 Å². The van der Waals surface area contributed by atoms with Crippen molar-refractivity contribution >= 4 is 22.3 Å². The van der Waals surface area contributed by atoms with Crippen LogP contribution in [0, 0.1) is 6.92 Å². The lowest BCUT2D eigenvalue weighted by atomic mass is 10.1. The Kier molecular flexibility index (Phi) is 5.37. The van der Waals surface area contributed by atoms with Crippen molar-refractivity contribution in [2.24, 2.45) is 0 Å². The van der Waals surface area contributed by atoms with E-state index in [0.29, 0.717) is 11.4 Å². The first kappa shape index (κ1) is 20.2. The van der Waals surface area contributed by atoms with Crippen molar-refractivity contribution in [3.63, 3.8) is 0 Å². The second kappa shape index (κ2) is 7.45. The zero-order chi connectivity index (χ0) is 20.6. The van der Waals surface area contributed by atoms with Crippen molar-refractivity contribution in [1.29, 1.82) is 0 Å². The Morgan fingerprint density at radius 1 is 1.32 bits per heavy atom. The quantitative estimate of drug-likeness (QED) is 0.554. The first-order valence-electron chi connectivity index (χ1n) is 8.07. The van der Waals surface area contributed by atoms with Gasteiger partial charge in [-0.2, -0.15) is 18.3 Å². The number of rotatable bonds is 5. The topological polar surface area (TPSA) is 113 Å². The fourth-order valence-corrected chi connectivity index (χ4v) is 3.10. The van der Waals surface area contributed by atoms with Gasteiger partial charge in [-0.25, -0.2) is 18.6 Å². The predicted octanol–water partition coefficient (Wildman–Crippen LogP) is 2.28. The van der Waals surface area contributed by atoms with Crippen molar-refractivity contribution in [3.05, 3.63) is 57.3 Å². The molecule has 0 aliphatic carbocycles. The maximum atomic E-state index is 12.8. The molecule has 0 aliphatic rings. The van der Waals surface area contributed by atoms with E-state index in [1.807, 2.05) is 0 Å². The molecule has 2 aromatic heterocycles. The highest BCUT2D eigenvalue weighted by Gasteiger charge is 2.30. The molecule has 0 radical (unpaired) electrons. The number of H-pyrrole nitrogens is 1. The van der Waals surface area contributed by atoms with E-state index in [0.717, 1.165) is 12.1 Å². The molecule has 150 valence electrons. The lowest BCUT2D eigenvalue weighted by molar-refractivity contribution is -0.137. The molecule has 28 heavy (non-hydrogen) atoms. The highest BCUT2D eigenvalue weighted by atomic mass is 32.2. The Morgan fingerprint density at radius 3 is 2.54 bits per heavy atom. The molecule has 0 saturated heterocycles. The van der Waals surface area contributed by atoms with E-state index in [4.69, 9.17) is 4.55 Å². The molecule has 12 heteroatoms. The lowest BCUT2D eigenvalue weighted by Crippen LogP contribution is -2.18. The molecule has 3 rings (SSSR count). The molecule has 0 fully saturated rings. The Balaban J connectivity index is 2.09. The van der Waals surface area contributed by atoms with E-state index in [-0.39, 0.29) is 23.3 Å². The van der Waals surface area contributed by atoms with Crippen LogP contribution in [0.4, 0.5) is 13.2 Å². The number of benzene rings is 1. The van der Waals surface area contributed by atoms with E-state index in [1.54, 1.807) is 13.8 Å². The second-order valence-electron chi connectivity index (χ2n) is 6.11. The fourth-order valence-electron chi connectivity index (χ4n) is 2.84. The van der Waals surface area contributed by atoms with Crippen LogP contribution in [0.2, 0.25) is 0 Å². The number of fused-ring (bicyclic) bond motifs is 1. The first-order valence-corrected chi connectivity index (χ1v) is 9.18. The number of aromatic nitrogens is 4. The van der Waals surface area contributed by atoms with Crippen LogP contribution < -0.4 is 10.3 Å². The molecule has 0 spiro atoms. The summed E-state index contributed by atoms with van der Waals surface area (Å²) in [5.41, 5.74) is -0.273. The van der Waals surface area contributed by atoms with Crippen LogP contribution in [0.3, 0.4) is 0 Å². The van der Waals surface area contributed by atoms with Crippen molar-refractivity contribution in [2.75, 3.05) is 0 Å². The van der Waals surface area contributed by atoms with Gasteiger partial charge in [-0.3, -0.25) is 9.35 Å². The van der Waals surface area contributed by atoms with Gasteiger partial charge in [0, 0.05) is 0 Å². The minimum absolute atomic E-state index is 0.141. The van der Waals surface area contributed by atoms with Gasteiger partial charge in [0.2, 0.25) is 11.3 Å². The Labute approximate surface area is 159 Å². The van der Waals surface area contributed by atoms with Crippen LogP contribution >= 0.6 is 0 Å². The molecule has 3 aromatic rings. The van der Waals surface area contributed by atoms with Gasteiger partial charge < -0.3 is 4.98 Å². The number of aromatic amines is 1. The summed E-state index contributed by atoms with van der Waals surface area (Å²) in [5.74, 6) is 0.337. The van der Waals surface area contributed by atoms with Gasteiger partial charge in [-0.1, -0.05) is 12.1 Å². The summed E-state index contributed by atoms with van der Waals surface area (Å²) in [6.07, 6.45) is -4.44. The van der Waals surface area contributed by atoms with E-state index in [1.165, 1.54) is 16.8 Å². The number of alkyl halides is 3. The Hall–Kier alpha value is -2.57. The third kappa shape index (κ3) is 3.98. The summed E-state index contributed by atoms with van der Waals surface area (Å²) in [6.45, 7) is 3.12. The molecule has 0 saturated carbocycles. The maximum absolute atomic E-state index is 12.8. The average Bonchev–Trinajstić information content (AvgIpc) is 2.97. The van der Waals surface area contributed by atoms with Gasteiger partial charge in [0.15, 0.2) is 5.65 Å². The van der Waals surface area contributed by atoms with Gasteiger partial charge >= 0.3 is 6.18 Å². The summed E-state index contributed by atoms with van der Waals surface area (Å²) in [7, 11) is 0. The zero-order valence-electron chi connectivity index (χ0n) is 14.7. The third-order valence-electron chi connectivity index (χ3n) is 4.20. The van der Waals surface area contributed by atoms with Crippen LogP contribution in [0.15, 0.2) is 29.1 Å². The van der Waals surface area contributed by atoms with Gasteiger partial charge in [-0.15, -0.1) is 0 Å². The molecular weight excluding hydrogens is 399 g/mol. The van der Waals surface area contributed by atoms with Crippen molar-refractivity contribution in [1.82, 2.24) is 24.5 Å². The molecule has 1 aromatic carbocycles. The molecule has 2 unspecified atom stereocenters. The monoisotopic (exact) mass is 415 g/mol. The summed E-state index contributed by atoms with van der Waals surface area (Å²) in [5, 5.41) is 4.46. The molecule has 0 bridgehead atoms. The number of hydrogen-bond acceptors (Lipinski definition) is 4. The Morgan fingerprint density at radius 2 is 1.96 bits per heavy atom. The minimum atomic E-state index is -4.44. The summed E-state index contributed by atoms with van der Waals surface area (Å²) in [4.78, 5) is 19.2. The molecular formula is C16H16F3N5O3S. The summed E-state index contributed by atoms with van der Waals surface area (Å²) < 4.78 is 61.8. The normalized spacial score (nSPS) is 14.4. The molecule has 3 N–H and O–H groups in total. The van der Waals surface area contributed by atoms with Crippen LogP contribution in [0.5, 0.6) is 0 Å². The highest BCUT2D eigenvalue weighted by Crippen LogP contribution is 2.31. The largest absolute Gasteiger partial charge is 0.416 e. The van der Waals surface area contributed by atoms with Gasteiger partial charge in [-0.05, 0) is 31.5 Å². The van der Waals surface area contributed by atoms with Crippen LogP contribution in [0.1, 0.15) is 35.6 Å². The van der Waals surface area contributed by atoms with E-state index < -0.39 is 34.6 Å². The SMILES string of the molecule is Cc1nc2c(c(CNS(=O)O)nn2C(C)c2ccc(C(F)(F)F)cc2)c(=O)[nH]1. The van der Waals surface area contributed by atoms with Crippen molar-refractivity contribution < 1.29 is 21.9 Å². The minimum Gasteiger partial charge on any atom is -0.310 e. The predicted molar refractivity (Wildman–Crippen MR) is 95.8 cm³/mol. The van der Waals surface area contributed by atoms with Gasteiger partial charge in [0.1, 0.15) is 11.2 Å². The standard InChI is InChI=1S/C16H16F3N5O3S/c1-8(10-3-5-11(6-4-10)16(17,18)19)24-14-13(15(25)22-9(2)21-14)12(23-24)7-20-28(26)27/h3-6,8,20H,7H2,1-2H3,(H,26,27)(H,21,22,25). The number of halogens is 3. The Bertz CT molecular complexity index is 1090. The maximum Gasteiger partial charge on any atom is 0.416 e. The number of nitrogens with one attached hydrogen (secondary N) is 2. The van der Waals surface area contributed by atoms with Gasteiger partial charge in [0.25, 0.3) is 5.56 Å². The molecule has 2 atom stereocenters. The van der Waals surface area contributed by atoms with Crippen molar-refractivity contribution in [2.45, 2.75) is 32.6 Å². The number of nitrogens with zero attached hydrogens (tertiary/aromatic N) is 3. The van der Waals surface area contributed by atoms with Crippen LogP contribution in [-0.2, 0) is 24.0 Å². The zero-order valence-corrected chi connectivity index (χ0v) is 15.6. The molecule has 0 amide bonds. The molecule has 0 aliphatic heterocycles. The highest BCUT2D eigenvalue weighted by molar-refractivity contribution is 7.77. The number of aryl methyl sites for hydroxylation is 1. The third-order valence-corrected chi connectivity index (χ3v) is 4.59. The van der Waals surface area contributed by atoms with E-state index in [9.17, 15) is 22.2 Å². The fraction of sp³-hybridized carbons (Fsp3) is 0.312. The number of hydrogen-bond donors (Lipinski definition) is 3. The summed E-state index contributed by atoms with van der Waals surface area (Å²) in [6, 6.07) is 4.08. The van der Waals surface area contributed by atoms with Crippen molar-refractivity contribution in [3.8, 4) is 0 Å². The lowest BCUT2D eigenvalue weighted by Gasteiger charge is -2.15.